The van der Waals surface area contributed by atoms with Gasteiger partial charge < -0.3 is 5.11 Å². The first-order valence-corrected chi connectivity index (χ1v) is 4.17. The van der Waals surface area contributed by atoms with Crippen LogP contribution in [0.2, 0.25) is 0 Å². The van der Waals surface area contributed by atoms with Crippen LogP contribution in [0.25, 0.3) is 0 Å². The van der Waals surface area contributed by atoms with Gasteiger partial charge in [0.1, 0.15) is 0 Å². The van der Waals surface area contributed by atoms with Crippen molar-refractivity contribution in [3.8, 4) is 0 Å². The van der Waals surface area contributed by atoms with Crippen LogP contribution in [-0.4, -0.2) is 16.5 Å². The van der Waals surface area contributed by atoms with Gasteiger partial charge in [-0.1, -0.05) is 0 Å². The third-order valence-corrected chi connectivity index (χ3v) is 3.56. The Hall–Kier alpha value is 0.310. The van der Waals surface area contributed by atoms with Gasteiger partial charge in [-0.25, -0.2) is 0 Å². The minimum Gasteiger partial charge on any atom is -0.392 e. The van der Waals surface area contributed by atoms with Crippen molar-refractivity contribution in [1.29, 1.82) is 0 Å². The molecule has 2 bridgehead atoms. The minimum atomic E-state index is -0.0907. The highest BCUT2D eigenvalue weighted by Crippen LogP contribution is 2.46. The topological polar surface area (TPSA) is 20.2 Å². The number of fused-ring (bicyclic) bond motifs is 2. The van der Waals surface area contributed by atoms with Crippen molar-refractivity contribution >= 4 is 12.6 Å². The average Bonchev–Trinajstić information content (AvgIpc) is 2.37. The summed E-state index contributed by atoms with van der Waals surface area (Å²) in [6.45, 7) is 0. The van der Waals surface area contributed by atoms with Crippen LogP contribution in [0.15, 0.2) is 0 Å². The lowest BCUT2D eigenvalue weighted by atomic mass is 9.97. The largest absolute Gasteiger partial charge is 0.392 e. The number of hydrogen-bond acceptors (Lipinski definition) is 2. The molecule has 2 fully saturated rings. The molecule has 0 saturated heterocycles. The monoisotopic (exact) mass is 144 g/mol. The first-order valence-electron chi connectivity index (χ1n) is 3.65. The molecule has 0 spiro atoms. The third-order valence-electron chi connectivity index (χ3n) is 2.83. The maximum Gasteiger partial charge on any atom is 0.0687 e. The second-order valence-corrected chi connectivity index (χ2v) is 3.91. The van der Waals surface area contributed by atoms with Gasteiger partial charge >= 0.3 is 0 Å². The van der Waals surface area contributed by atoms with Crippen molar-refractivity contribution < 1.29 is 5.11 Å². The van der Waals surface area contributed by atoms with Gasteiger partial charge in [-0.3, -0.25) is 0 Å². The van der Waals surface area contributed by atoms with E-state index in [0.717, 1.165) is 5.92 Å². The molecule has 2 heteroatoms. The fraction of sp³-hybridized carbons (Fsp3) is 1.00. The fourth-order valence-electron chi connectivity index (χ4n) is 2.23. The molecule has 4 unspecified atom stereocenters. The van der Waals surface area contributed by atoms with Crippen LogP contribution in [0, 0.1) is 11.8 Å². The molecule has 1 N–H and O–H groups in total. The summed E-state index contributed by atoms with van der Waals surface area (Å²) in [4.78, 5) is 0. The Kier molecular flexibility index (Phi) is 1.27. The number of aliphatic hydroxyl groups excluding tert-OH is 1. The van der Waals surface area contributed by atoms with Gasteiger partial charge in [-0.15, -0.1) is 0 Å². The average molecular weight is 144 g/mol. The van der Waals surface area contributed by atoms with Crippen molar-refractivity contribution in [2.45, 2.75) is 30.6 Å². The Bertz CT molecular complexity index is 108. The lowest BCUT2D eigenvalue weighted by molar-refractivity contribution is 0.120. The number of rotatable bonds is 0. The molecule has 0 radical (unpaired) electrons. The number of hydrogen-bond donors (Lipinski definition) is 2. The first-order chi connectivity index (χ1) is 4.29. The van der Waals surface area contributed by atoms with Crippen molar-refractivity contribution in [3.63, 3.8) is 0 Å². The smallest absolute Gasteiger partial charge is 0.0687 e. The Morgan fingerprint density at radius 3 is 2.22 bits per heavy atom. The second kappa shape index (κ2) is 1.89. The highest BCUT2D eigenvalue weighted by Gasteiger charge is 2.44. The molecule has 0 aromatic heterocycles. The van der Waals surface area contributed by atoms with Crippen molar-refractivity contribution in [2.75, 3.05) is 0 Å². The van der Waals surface area contributed by atoms with E-state index in [1.165, 1.54) is 19.3 Å². The minimum absolute atomic E-state index is 0.0907. The summed E-state index contributed by atoms with van der Waals surface area (Å²) in [6.07, 6.45) is 3.68. The van der Waals surface area contributed by atoms with E-state index in [2.05, 4.69) is 12.6 Å². The molecule has 0 heterocycles. The van der Waals surface area contributed by atoms with E-state index in [4.69, 9.17) is 0 Å². The zero-order chi connectivity index (χ0) is 6.43. The lowest BCUT2D eigenvalue weighted by Gasteiger charge is -2.21. The standard InChI is InChI=1S/C7H12OS/c8-6-4-1-2-5(3-4)7(6)9/h4-9H,1-3H2. The SMILES string of the molecule is OC1C2CCC(C2)C1S. The number of thiol groups is 1. The molecule has 2 aliphatic carbocycles. The molecule has 52 valence electrons. The van der Waals surface area contributed by atoms with Gasteiger partial charge in [0, 0.05) is 5.25 Å². The highest BCUT2D eigenvalue weighted by atomic mass is 32.1. The maximum atomic E-state index is 9.41. The van der Waals surface area contributed by atoms with Gasteiger partial charge in [0.05, 0.1) is 6.10 Å². The molecule has 2 saturated carbocycles. The van der Waals surface area contributed by atoms with Crippen LogP contribution in [0.4, 0.5) is 0 Å². The van der Waals surface area contributed by atoms with Crippen molar-refractivity contribution in [2.24, 2.45) is 11.8 Å². The van der Waals surface area contributed by atoms with E-state index in [-0.39, 0.29) is 6.10 Å². The molecule has 0 aromatic rings. The van der Waals surface area contributed by atoms with E-state index in [1.807, 2.05) is 0 Å². The molecule has 2 aliphatic rings. The van der Waals surface area contributed by atoms with Crippen molar-refractivity contribution in [1.82, 2.24) is 0 Å². The Balaban J connectivity index is 2.15. The van der Waals surface area contributed by atoms with Crippen LogP contribution in [-0.2, 0) is 0 Å². The Morgan fingerprint density at radius 2 is 1.89 bits per heavy atom. The van der Waals surface area contributed by atoms with Gasteiger partial charge in [0.25, 0.3) is 0 Å². The second-order valence-electron chi connectivity index (χ2n) is 3.31. The van der Waals surface area contributed by atoms with Crippen LogP contribution in [0.5, 0.6) is 0 Å². The van der Waals surface area contributed by atoms with Crippen LogP contribution in [0.3, 0.4) is 0 Å². The predicted molar refractivity (Wildman–Crippen MR) is 39.6 cm³/mol. The summed E-state index contributed by atoms with van der Waals surface area (Å²) in [6, 6.07) is 0. The summed E-state index contributed by atoms with van der Waals surface area (Å²) >= 11 is 4.34. The van der Waals surface area contributed by atoms with Crippen molar-refractivity contribution in [3.05, 3.63) is 0 Å². The van der Waals surface area contributed by atoms with E-state index in [9.17, 15) is 5.11 Å². The first kappa shape index (κ1) is 6.05. The maximum absolute atomic E-state index is 9.41. The molecule has 4 atom stereocenters. The molecular weight excluding hydrogens is 132 g/mol. The summed E-state index contributed by atoms with van der Waals surface area (Å²) < 4.78 is 0. The Labute approximate surface area is 60.9 Å². The van der Waals surface area contributed by atoms with Gasteiger partial charge in [-0.05, 0) is 31.1 Å². The predicted octanol–water partition coefficient (Wildman–Crippen LogP) is 1.08. The Morgan fingerprint density at radius 1 is 1.22 bits per heavy atom. The summed E-state index contributed by atoms with van der Waals surface area (Å²) in [5.74, 6) is 1.32. The van der Waals surface area contributed by atoms with Crippen LogP contribution < -0.4 is 0 Å². The number of aliphatic hydroxyl groups is 1. The lowest BCUT2D eigenvalue weighted by Crippen LogP contribution is -2.27. The summed E-state index contributed by atoms with van der Waals surface area (Å²) in [5, 5.41) is 9.71. The molecule has 2 rings (SSSR count). The quantitative estimate of drug-likeness (QED) is 0.487. The third kappa shape index (κ3) is 0.729. The van der Waals surface area contributed by atoms with Gasteiger partial charge in [0.15, 0.2) is 0 Å². The molecular formula is C7H12OS. The van der Waals surface area contributed by atoms with E-state index >= 15 is 0 Å². The van der Waals surface area contributed by atoms with E-state index in [1.54, 1.807) is 0 Å². The van der Waals surface area contributed by atoms with Gasteiger partial charge in [-0.2, -0.15) is 12.6 Å². The van der Waals surface area contributed by atoms with Crippen LogP contribution in [0.1, 0.15) is 19.3 Å². The zero-order valence-corrected chi connectivity index (χ0v) is 6.22. The fourth-order valence-corrected chi connectivity index (χ4v) is 2.75. The zero-order valence-electron chi connectivity index (χ0n) is 5.33. The molecule has 1 nitrogen and oxygen atoms in total. The molecule has 0 aliphatic heterocycles. The summed E-state index contributed by atoms with van der Waals surface area (Å²) in [5.41, 5.74) is 0. The molecule has 0 aromatic carbocycles. The molecule has 0 amide bonds. The highest BCUT2D eigenvalue weighted by molar-refractivity contribution is 7.81. The van der Waals surface area contributed by atoms with Crippen LogP contribution >= 0.6 is 12.6 Å². The van der Waals surface area contributed by atoms with E-state index in [0.29, 0.717) is 11.2 Å². The van der Waals surface area contributed by atoms with Gasteiger partial charge in [0.2, 0.25) is 0 Å². The summed E-state index contributed by atoms with van der Waals surface area (Å²) in [7, 11) is 0. The normalized spacial score (nSPS) is 56.7. The van der Waals surface area contributed by atoms with E-state index < -0.39 is 0 Å². The molecule has 9 heavy (non-hydrogen) atoms.